The molecule has 2 saturated heterocycles. The third-order valence-electron chi connectivity index (χ3n) is 20.5. The molecule has 0 radical (unpaired) electrons. The number of hydrogen-bond acceptors (Lipinski definition) is 22. The Morgan fingerprint density at radius 3 is 1.67 bits per heavy atom. The van der Waals surface area contributed by atoms with E-state index in [0.29, 0.717) is 52.1 Å². The fourth-order valence-corrected chi connectivity index (χ4v) is 22.7. The van der Waals surface area contributed by atoms with Crippen LogP contribution in [0.1, 0.15) is 184 Å². The van der Waals surface area contributed by atoms with Crippen molar-refractivity contribution in [2.24, 2.45) is 35.5 Å². The van der Waals surface area contributed by atoms with Gasteiger partial charge >= 0.3 is 23.9 Å². The number of nitrogens with zero attached hydrogens (tertiary/aromatic N) is 1. The summed E-state index contributed by atoms with van der Waals surface area (Å²) in [5, 5.41) is 34.8. The van der Waals surface area contributed by atoms with Gasteiger partial charge in [0.15, 0.2) is 5.78 Å². The number of carbonyl (C=O) groups excluding carboxylic acids is 12. The van der Waals surface area contributed by atoms with E-state index in [2.05, 4.69) is 21.3 Å². The highest BCUT2D eigenvalue weighted by Gasteiger charge is 2.53. The highest BCUT2D eigenvalue weighted by Crippen LogP contribution is 2.44. The number of hydrogen-bond donors (Lipinski definition) is 6. The van der Waals surface area contributed by atoms with E-state index in [1.54, 1.807) is 40.9 Å². The number of esters is 4. The number of benzene rings is 3. The Morgan fingerprint density at radius 1 is 0.628 bits per heavy atom. The van der Waals surface area contributed by atoms with Crippen molar-refractivity contribution in [2.75, 3.05) is 49.1 Å². The number of methoxy groups -OCH3 is 3. The number of nitrogens with one attached hydrogen (secondary N) is 4. The lowest BCUT2D eigenvalue weighted by Crippen LogP contribution is -2.61. The molecule has 1 saturated carbocycles. The average Bonchev–Trinajstić information content (AvgIpc) is 0.775. The SMILES string of the molecule is CO[C@H]1C[C@@H]2CC[C@@H](C)[C@@](O)(O2)C(=O)C(=O)N2CCCC[C@H]2C(=O)O[C@H]([C@H](C)C[C@@H]2CC[C@@H](OC(=O)c3cc(OC(=O)c4c(I)c(NC(C)=O)c(I)c(NC(C)=O)c4I)cc(OC(=O)c4c(I)c(NC(C)=O)c(I)c(NC(C)=O)c4I)c3)[C@H](OC)C2)CC(=O)[C@H](C)/C=C(\C)[C@@H](O)[C@@H](OC)C(=O)[C@H](C)C[C@H](C)/C=C/C=C/C=C/1C. The van der Waals surface area contributed by atoms with E-state index in [9.17, 15) is 67.7 Å². The predicted molar refractivity (Wildman–Crippen MR) is 471 cm³/mol. The smallest absolute Gasteiger partial charge is 0.345 e. The van der Waals surface area contributed by atoms with Gasteiger partial charge in [0.05, 0.1) is 79.2 Å². The fraction of sp³-hybridized carbons (Fsp3) is 0.525. The molecule has 4 aliphatic rings. The number of aliphatic hydroxyl groups is 2. The number of halogens is 6. The zero-order valence-electron chi connectivity index (χ0n) is 65.2. The summed E-state index contributed by atoms with van der Waals surface area (Å²) in [5.74, 6) is -15.3. The van der Waals surface area contributed by atoms with Gasteiger partial charge in [-0.2, -0.15) is 0 Å². The van der Waals surface area contributed by atoms with Gasteiger partial charge < -0.3 is 74.3 Å². The van der Waals surface area contributed by atoms with Gasteiger partial charge in [-0.3, -0.25) is 38.4 Å². The fourth-order valence-electron chi connectivity index (χ4n) is 14.4. The van der Waals surface area contributed by atoms with Gasteiger partial charge in [-0.1, -0.05) is 71.1 Å². The highest BCUT2D eigenvalue weighted by atomic mass is 127. The normalized spacial score (nSPS) is 27.8. The molecule has 3 aliphatic heterocycles. The number of rotatable bonds is 16. The molecule has 2 bridgehead atoms. The zero-order valence-corrected chi connectivity index (χ0v) is 78.2. The van der Waals surface area contributed by atoms with Crippen LogP contribution in [-0.2, 0) is 71.6 Å². The Labute approximate surface area is 739 Å². The largest absolute Gasteiger partial charge is 0.460 e. The summed E-state index contributed by atoms with van der Waals surface area (Å²) in [6, 6.07) is 2.25. The summed E-state index contributed by atoms with van der Waals surface area (Å²) < 4.78 is 50.4. The Hall–Kier alpha value is -5.00. The van der Waals surface area contributed by atoms with E-state index in [1.165, 1.54) is 60.1 Å². The molecule has 0 spiro atoms. The van der Waals surface area contributed by atoms with Gasteiger partial charge in [0, 0.05) is 92.2 Å². The van der Waals surface area contributed by atoms with E-state index in [1.807, 2.05) is 187 Å². The third kappa shape index (κ3) is 24.6. The molecular weight excluding hydrogens is 2140 g/mol. The minimum Gasteiger partial charge on any atom is -0.460 e. The minimum atomic E-state index is -2.55. The molecule has 5 amide bonds. The van der Waals surface area contributed by atoms with E-state index in [4.69, 9.17) is 37.9 Å². The lowest BCUT2D eigenvalue weighted by atomic mass is 9.78. The van der Waals surface area contributed by atoms with Crippen LogP contribution in [0, 0.1) is 56.9 Å². The van der Waals surface area contributed by atoms with Crippen molar-refractivity contribution in [1.82, 2.24) is 4.90 Å². The molecule has 27 nitrogen and oxygen atoms in total. The number of amides is 5. The molecule has 3 fully saturated rings. The number of allylic oxidation sites excluding steroid dienone is 6. The number of ketones is 3. The molecular formula is C80H97I6N5O22. The van der Waals surface area contributed by atoms with Gasteiger partial charge in [-0.25, -0.2) is 19.2 Å². The average molecular weight is 2240 g/mol. The first kappa shape index (κ1) is 95.1. The minimum absolute atomic E-state index is 0.0293. The van der Waals surface area contributed by atoms with Gasteiger partial charge in [0.1, 0.15) is 47.7 Å². The quantitative estimate of drug-likeness (QED) is 0.0255. The highest BCUT2D eigenvalue weighted by molar-refractivity contribution is 14.1. The van der Waals surface area contributed by atoms with E-state index < -0.39 is 143 Å². The molecule has 0 aromatic heterocycles. The monoisotopic (exact) mass is 2240 g/mol. The molecule has 3 heterocycles. The first-order chi connectivity index (χ1) is 53.2. The van der Waals surface area contributed by atoms with Gasteiger partial charge in [-0.05, 0) is 255 Å². The molecule has 1 aliphatic carbocycles. The lowest BCUT2D eigenvalue weighted by molar-refractivity contribution is -0.265. The zero-order chi connectivity index (χ0) is 83.9. The summed E-state index contributed by atoms with van der Waals surface area (Å²) in [6.45, 7) is 17.3. The van der Waals surface area contributed by atoms with Crippen molar-refractivity contribution in [2.45, 2.75) is 208 Å². The maximum Gasteiger partial charge on any atom is 0.345 e. The number of anilines is 4. The number of carbonyl (C=O) groups is 12. The predicted octanol–water partition coefficient (Wildman–Crippen LogP) is 13.9. The van der Waals surface area contributed by atoms with Crippen LogP contribution >= 0.6 is 136 Å². The Bertz CT molecular complexity index is 4080. The Kier molecular flexibility index (Phi) is 36.3. The lowest BCUT2D eigenvalue weighted by Gasteiger charge is -2.42. The van der Waals surface area contributed by atoms with E-state index >= 15 is 0 Å². The Morgan fingerprint density at radius 2 is 1.17 bits per heavy atom. The molecule has 7 rings (SSSR count). The van der Waals surface area contributed by atoms with Crippen LogP contribution in [0.3, 0.4) is 0 Å². The molecule has 33 heteroatoms. The van der Waals surface area contributed by atoms with Crippen LogP contribution in [-0.4, -0.2) is 168 Å². The summed E-state index contributed by atoms with van der Waals surface area (Å²) in [5.41, 5.74) is 1.42. The van der Waals surface area contributed by atoms with Crippen LogP contribution in [0.5, 0.6) is 11.5 Å². The van der Waals surface area contributed by atoms with Crippen molar-refractivity contribution >= 4 is 229 Å². The van der Waals surface area contributed by atoms with Crippen molar-refractivity contribution in [3.05, 3.63) is 104 Å². The third-order valence-corrected chi connectivity index (χ3v) is 27.0. The number of fused-ring (bicyclic) bond motifs is 3. The van der Waals surface area contributed by atoms with Gasteiger partial charge in [-0.15, -0.1) is 0 Å². The van der Waals surface area contributed by atoms with Crippen molar-refractivity contribution in [3.8, 4) is 11.5 Å². The molecule has 0 unspecified atom stereocenters. The summed E-state index contributed by atoms with van der Waals surface area (Å²) in [7, 11) is 4.32. The second-order valence-corrected chi connectivity index (χ2v) is 35.8. The van der Waals surface area contributed by atoms with Crippen LogP contribution < -0.4 is 30.7 Å². The maximum absolute atomic E-state index is 15.0. The topological polar surface area (TPSA) is 370 Å². The van der Waals surface area contributed by atoms with Crippen molar-refractivity contribution in [3.63, 3.8) is 0 Å². The number of piperidine rings is 1. The second-order valence-electron chi connectivity index (χ2n) is 29.3. The molecule has 3 aromatic carbocycles. The number of Topliss-reactive ketones (excluding diaryl/α,β-unsaturated/α-hetero) is 3. The first-order valence-corrected chi connectivity index (χ1v) is 43.4. The van der Waals surface area contributed by atoms with Crippen molar-refractivity contribution < 1.29 is 106 Å². The van der Waals surface area contributed by atoms with E-state index in [-0.39, 0.29) is 127 Å². The molecule has 616 valence electrons. The standard InChI is InChI=1S/C80H97I6N5O22/c1-37-20-16-15-17-21-38(2)56(106-12)35-50-25-23-43(7)80(105,113-50)74(99)75(100)91-27-19-18-22-53(91)77(102)112-57(36-54(96)39(3)29-42(6)72(98)73(108-14)71(97)41(5)28-37)40(4)30-48-24-26-55(58(31-48)107-13)111-76(101)49-32-51(109-78(103)59-61(81)67(87-44(8)92)65(85)68(62(59)82)88-45(9)93)34-52(33-49)110-79(104)60-63(83)69(89-46(10)94)66(86)70(64(60)84)90-47(11)95/h15-17,20-21,29,32-34,37,39-41,43,48,50,53,55-58,72-73,98,105H,18-19,22-28,30-31,35-36H2,1-14H3,(H,87,92)(H,88,93)(H,89,94)(H,90,95)/b17-15+,20-16+,38-21+,42-29+/t37-,39-,40-,41-,43-,48+,50+,53+,55-,56+,57+,58-,72-,73+,80-/m1/s1. The molecule has 15 atom stereocenters. The molecule has 113 heavy (non-hydrogen) atoms. The molecule has 3 aromatic rings. The van der Waals surface area contributed by atoms with Gasteiger partial charge in [0.25, 0.3) is 11.7 Å². The Balaban J connectivity index is 1.21. The number of cyclic esters (lactones) is 1. The summed E-state index contributed by atoms with van der Waals surface area (Å²) in [4.78, 5) is 169. The summed E-state index contributed by atoms with van der Waals surface area (Å²) in [6.07, 6.45) is 7.38. The number of aliphatic hydroxyl groups excluding tert-OH is 1. The van der Waals surface area contributed by atoms with Crippen LogP contribution in [0.25, 0.3) is 0 Å². The van der Waals surface area contributed by atoms with Gasteiger partial charge in [0.2, 0.25) is 29.4 Å². The second kappa shape index (κ2) is 43.1. The van der Waals surface area contributed by atoms with Crippen molar-refractivity contribution in [1.29, 1.82) is 0 Å². The first-order valence-electron chi connectivity index (χ1n) is 37.0. The van der Waals surface area contributed by atoms with E-state index in [0.717, 1.165) is 10.5 Å². The van der Waals surface area contributed by atoms with Crippen LogP contribution in [0.2, 0.25) is 0 Å². The number of ether oxygens (including phenoxy) is 8. The van der Waals surface area contributed by atoms with Crippen LogP contribution in [0.15, 0.2) is 65.8 Å². The molecule has 6 N–H and O–H groups in total. The maximum atomic E-state index is 15.0. The van der Waals surface area contributed by atoms with Crippen LogP contribution in [0.4, 0.5) is 22.7 Å². The summed E-state index contributed by atoms with van der Waals surface area (Å²) >= 11 is 11.3.